The minimum atomic E-state index is -0.190. The van der Waals surface area contributed by atoms with Crippen molar-refractivity contribution in [2.45, 2.75) is 13.0 Å². The van der Waals surface area contributed by atoms with Crippen molar-refractivity contribution in [1.29, 1.82) is 0 Å². The number of imidazole rings is 1. The first-order valence-corrected chi connectivity index (χ1v) is 6.06. The number of benzene rings is 1. The van der Waals surface area contributed by atoms with Gasteiger partial charge in [0.2, 0.25) is 0 Å². The minimum absolute atomic E-state index is 0.190. The summed E-state index contributed by atoms with van der Waals surface area (Å²) in [6, 6.07) is 7.40. The van der Waals surface area contributed by atoms with E-state index >= 15 is 0 Å². The Morgan fingerprint density at radius 3 is 2.75 bits per heavy atom. The number of hydroxylamine groups is 1. The van der Waals surface area contributed by atoms with Gasteiger partial charge in [-0.1, -0.05) is 12.1 Å². The molecule has 0 bridgehead atoms. The van der Waals surface area contributed by atoms with Gasteiger partial charge in [-0.05, 0) is 41.6 Å². The van der Waals surface area contributed by atoms with Crippen LogP contribution in [0.15, 0.2) is 30.6 Å². The molecule has 0 spiro atoms. The van der Waals surface area contributed by atoms with Gasteiger partial charge < -0.3 is 10.3 Å². The standard InChI is InChI=1S/C11H9IN3O/c1-7-10-11(12)13-6-14(10)8-4-2-3-5-9(8)15(7)16/h2-7H,1H3/q-1. The predicted molar refractivity (Wildman–Crippen MR) is 70.5 cm³/mol. The third kappa shape index (κ3) is 1.21. The molecule has 1 aliphatic rings. The highest BCUT2D eigenvalue weighted by Gasteiger charge is 2.25. The van der Waals surface area contributed by atoms with Gasteiger partial charge in [0.05, 0.1) is 23.1 Å². The molecular formula is C11H9IN3O-. The van der Waals surface area contributed by atoms with Crippen molar-refractivity contribution >= 4 is 28.3 Å². The molecule has 3 rings (SSSR count). The van der Waals surface area contributed by atoms with E-state index in [9.17, 15) is 5.21 Å². The Bertz CT molecular complexity index is 552. The summed E-state index contributed by atoms with van der Waals surface area (Å²) in [6.45, 7) is 1.90. The van der Waals surface area contributed by atoms with Crippen LogP contribution in [0.2, 0.25) is 0 Å². The molecule has 16 heavy (non-hydrogen) atoms. The highest BCUT2D eigenvalue weighted by Crippen LogP contribution is 2.38. The summed E-state index contributed by atoms with van der Waals surface area (Å²) in [5.41, 5.74) is 2.58. The number of aromatic nitrogens is 2. The lowest BCUT2D eigenvalue weighted by Gasteiger charge is -2.42. The fourth-order valence-corrected chi connectivity index (χ4v) is 2.91. The second kappa shape index (κ2) is 3.46. The lowest BCUT2D eigenvalue weighted by molar-refractivity contribution is 0.687. The molecule has 0 saturated heterocycles. The van der Waals surface area contributed by atoms with Gasteiger partial charge in [-0.2, -0.15) is 0 Å². The molecule has 2 heterocycles. The Morgan fingerprint density at radius 1 is 1.31 bits per heavy atom. The quantitative estimate of drug-likeness (QED) is 0.699. The SMILES string of the molecule is CC1c2c(I)ncn2-c2ccccc2N1[O-]. The maximum absolute atomic E-state index is 12.1. The molecule has 5 heteroatoms. The van der Waals surface area contributed by atoms with Crippen LogP contribution >= 0.6 is 22.6 Å². The average molecular weight is 326 g/mol. The van der Waals surface area contributed by atoms with Crippen LogP contribution in [0.4, 0.5) is 5.69 Å². The predicted octanol–water partition coefficient (Wildman–Crippen LogP) is 2.86. The lowest BCUT2D eigenvalue weighted by Crippen LogP contribution is -2.28. The van der Waals surface area contributed by atoms with Gasteiger partial charge in [0, 0.05) is 0 Å². The first kappa shape index (κ1) is 10.1. The van der Waals surface area contributed by atoms with E-state index < -0.39 is 0 Å². The molecule has 0 amide bonds. The van der Waals surface area contributed by atoms with Crippen molar-refractivity contribution < 1.29 is 0 Å². The number of nitrogens with zero attached hydrogens (tertiary/aromatic N) is 3. The first-order valence-electron chi connectivity index (χ1n) is 4.98. The van der Waals surface area contributed by atoms with E-state index in [0.717, 1.165) is 20.1 Å². The summed E-state index contributed by atoms with van der Waals surface area (Å²) in [6.07, 6.45) is 1.78. The van der Waals surface area contributed by atoms with Gasteiger partial charge in [-0.3, -0.25) is 4.57 Å². The Hall–Kier alpha value is -1.08. The van der Waals surface area contributed by atoms with Crippen LogP contribution in [-0.4, -0.2) is 9.55 Å². The Kier molecular flexibility index (Phi) is 2.18. The third-order valence-corrected chi connectivity index (χ3v) is 3.71. The minimum Gasteiger partial charge on any atom is -0.758 e. The molecule has 0 aliphatic carbocycles. The molecule has 1 unspecified atom stereocenters. The summed E-state index contributed by atoms with van der Waals surface area (Å²) < 4.78 is 2.89. The van der Waals surface area contributed by atoms with Gasteiger partial charge in [0.1, 0.15) is 10.0 Å². The molecule has 0 saturated carbocycles. The fourth-order valence-electron chi connectivity index (χ4n) is 2.08. The summed E-state index contributed by atoms with van der Waals surface area (Å²) in [5, 5.41) is 13.2. The van der Waals surface area contributed by atoms with Crippen molar-refractivity contribution in [2.75, 3.05) is 5.06 Å². The van der Waals surface area contributed by atoms with Crippen LogP contribution in [-0.2, 0) is 0 Å². The number of fused-ring (bicyclic) bond motifs is 3. The van der Waals surface area contributed by atoms with Crippen LogP contribution in [0.5, 0.6) is 0 Å². The second-order valence-electron chi connectivity index (χ2n) is 3.78. The molecular weight excluding hydrogens is 317 g/mol. The van der Waals surface area contributed by atoms with Crippen LogP contribution in [0.25, 0.3) is 5.69 Å². The third-order valence-electron chi connectivity index (χ3n) is 2.88. The van der Waals surface area contributed by atoms with Crippen molar-refractivity contribution in [1.82, 2.24) is 9.55 Å². The average Bonchev–Trinajstić information content (AvgIpc) is 2.69. The van der Waals surface area contributed by atoms with Crippen molar-refractivity contribution in [3.63, 3.8) is 0 Å². The molecule has 0 radical (unpaired) electrons. The normalized spacial score (nSPS) is 18.2. The molecule has 1 atom stereocenters. The first-order chi connectivity index (χ1) is 7.70. The van der Waals surface area contributed by atoms with Crippen molar-refractivity contribution in [3.05, 3.63) is 45.2 Å². The Balaban J connectivity index is 2.34. The molecule has 1 aliphatic heterocycles. The lowest BCUT2D eigenvalue weighted by atomic mass is 10.1. The topological polar surface area (TPSA) is 44.1 Å². The van der Waals surface area contributed by atoms with Crippen LogP contribution in [0.1, 0.15) is 18.7 Å². The summed E-state index contributed by atoms with van der Waals surface area (Å²) in [7, 11) is 0. The molecule has 82 valence electrons. The highest BCUT2D eigenvalue weighted by molar-refractivity contribution is 14.1. The van der Waals surface area contributed by atoms with E-state index in [1.807, 2.05) is 35.8 Å². The zero-order valence-corrected chi connectivity index (χ0v) is 10.7. The molecule has 1 aromatic carbocycles. The van der Waals surface area contributed by atoms with Crippen LogP contribution in [0.3, 0.4) is 0 Å². The number of anilines is 1. The van der Waals surface area contributed by atoms with Gasteiger partial charge in [0.15, 0.2) is 0 Å². The smallest absolute Gasteiger partial charge is 0.125 e. The Labute approximate surface area is 107 Å². The van der Waals surface area contributed by atoms with E-state index in [1.54, 1.807) is 6.33 Å². The number of rotatable bonds is 0. The summed E-state index contributed by atoms with van der Waals surface area (Å²) >= 11 is 2.16. The molecule has 4 nitrogen and oxygen atoms in total. The van der Waals surface area contributed by atoms with E-state index in [0.29, 0.717) is 5.69 Å². The number of halogens is 1. The van der Waals surface area contributed by atoms with Crippen LogP contribution < -0.4 is 5.06 Å². The number of para-hydroxylation sites is 2. The zero-order valence-electron chi connectivity index (χ0n) is 8.59. The fraction of sp³-hybridized carbons (Fsp3) is 0.182. The van der Waals surface area contributed by atoms with Gasteiger partial charge in [-0.25, -0.2) is 4.98 Å². The molecule has 0 N–H and O–H groups in total. The molecule has 2 aromatic rings. The second-order valence-corrected chi connectivity index (χ2v) is 4.80. The van der Waals surface area contributed by atoms with E-state index in [1.165, 1.54) is 0 Å². The summed E-state index contributed by atoms with van der Waals surface area (Å²) in [4.78, 5) is 4.27. The van der Waals surface area contributed by atoms with Crippen molar-refractivity contribution in [2.24, 2.45) is 0 Å². The van der Waals surface area contributed by atoms with Gasteiger partial charge in [0.25, 0.3) is 0 Å². The molecule has 1 aromatic heterocycles. The monoisotopic (exact) mass is 326 g/mol. The molecule has 0 fully saturated rings. The Morgan fingerprint density at radius 2 is 2.00 bits per heavy atom. The van der Waals surface area contributed by atoms with Crippen molar-refractivity contribution in [3.8, 4) is 5.69 Å². The van der Waals surface area contributed by atoms with E-state index in [2.05, 4.69) is 27.6 Å². The maximum Gasteiger partial charge on any atom is 0.125 e. The largest absolute Gasteiger partial charge is 0.758 e. The maximum atomic E-state index is 12.1. The van der Waals surface area contributed by atoms with Gasteiger partial charge in [-0.15, -0.1) is 0 Å². The van der Waals surface area contributed by atoms with Crippen LogP contribution in [0, 0.1) is 8.91 Å². The zero-order chi connectivity index (χ0) is 11.3. The number of hydrogen-bond acceptors (Lipinski definition) is 3. The highest BCUT2D eigenvalue weighted by atomic mass is 127. The summed E-state index contributed by atoms with van der Waals surface area (Å²) in [5.74, 6) is 0. The van der Waals surface area contributed by atoms with Gasteiger partial charge >= 0.3 is 0 Å². The van der Waals surface area contributed by atoms with E-state index in [-0.39, 0.29) is 6.04 Å². The van der Waals surface area contributed by atoms with E-state index in [4.69, 9.17) is 0 Å². The number of hydrogen-bond donors (Lipinski definition) is 0.